The third-order valence-corrected chi connectivity index (χ3v) is 7.90. The van der Waals surface area contributed by atoms with Crippen LogP contribution in [0.1, 0.15) is 23.2 Å². The van der Waals surface area contributed by atoms with Crippen LogP contribution >= 0.6 is 23.4 Å². The van der Waals surface area contributed by atoms with E-state index in [1.54, 1.807) is 68.4 Å². The minimum absolute atomic E-state index is 0.0198. The molecule has 2 aliphatic rings. The number of amides is 2. The van der Waals surface area contributed by atoms with Crippen LogP contribution in [0.3, 0.4) is 0 Å². The zero-order chi connectivity index (χ0) is 23.4. The van der Waals surface area contributed by atoms with Crippen molar-refractivity contribution in [1.82, 2.24) is 9.80 Å². The summed E-state index contributed by atoms with van der Waals surface area (Å²) in [5.74, 6) is 2.55. The Kier molecular flexibility index (Phi) is 7.24. The molecule has 4 rings (SSSR count). The molecule has 1 spiro atoms. The summed E-state index contributed by atoms with van der Waals surface area (Å²) in [5.41, 5.74) is 0.544. The van der Waals surface area contributed by atoms with Crippen molar-refractivity contribution in [1.29, 1.82) is 0 Å². The first-order valence-electron chi connectivity index (χ1n) is 10.8. The Bertz CT molecular complexity index is 986. The Balaban J connectivity index is 1.39. The number of rotatable bonds is 6. The maximum absolute atomic E-state index is 13.4. The van der Waals surface area contributed by atoms with E-state index < -0.39 is 0 Å². The maximum atomic E-state index is 13.4. The summed E-state index contributed by atoms with van der Waals surface area (Å²) in [4.78, 5) is 29.6. The molecule has 0 unspecified atom stereocenters. The largest absolute Gasteiger partial charge is 0.497 e. The summed E-state index contributed by atoms with van der Waals surface area (Å²) >= 11 is 7.69. The fraction of sp³-hybridized carbons (Fsp3) is 0.417. The Morgan fingerprint density at radius 3 is 2.21 bits per heavy atom. The Morgan fingerprint density at radius 1 is 0.970 bits per heavy atom. The number of hydrogen-bond acceptors (Lipinski definition) is 6. The molecule has 2 heterocycles. The predicted octanol–water partition coefficient (Wildman–Crippen LogP) is 3.94. The van der Waals surface area contributed by atoms with E-state index in [2.05, 4.69) is 0 Å². The molecule has 0 saturated carbocycles. The number of carbonyl (C=O) groups is 2. The third kappa shape index (κ3) is 5.17. The van der Waals surface area contributed by atoms with Gasteiger partial charge in [-0.25, -0.2) is 0 Å². The van der Waals surface area contributed by atoms with E-state index in [0.717, 1.165) is 18.6 Å². The summed E-state index contributed by atoms with van der Waals surface area (Å²) in [6.07, 6.45) is 1.44. The van der Waals surface area contributed by atoms with Crippen molar-refractivity contribution >= 4 is 35.2 Å². The van der Waals surface area contributed by atoms with E-state index in [1.165, 1.54) is 0 Å². The highest BCUT2D eigenvalue weighted by atomic mass is 35.5. The van der Waals surface area contributed by atoms with E-state index in [-0.39, 0.29) is 23.3 Å². The van der Waals surface area contributed by atoms with E-state index in [9.17, 15) is 9.59 Å². The number of nitrogens with zero attached hydrogens (tertiary/aromatic N) is 2. The molecule has 2 aliphatic heterocycles. The Hall–Kier alpha value is -2.58. The minimum atomic E-state index is -0.304. The Labute approximate surface area is 202 Å². The SMILES string of the molecule is COc1cc(OC)cc(C(=O)N2CCSC23CCN(C(=O)COc2ccc(Cl)cc2)CC3)c1. The highest BCUT2D eigenvalue weighted by Crippen LogP contribution is 2.45. The zero-order valence-corrected chi connectivity index (χ0v) is 20.3. The van der Waals surface area contributed by atoms with Crippen LogP contribution in [0.2, 0.25) is 5.02 Å². The number of halogens is 1. The molecule has 9 heteroatoms. The molecule has 0 N–H and O–H groups in total. The highest BCUT2D eigenvalue weighted by molar-refractivity contribution is 8.00. The average Bonchev–Trinajstić information content (AvgIpc) is 3.25. The number of benzene rings is 2. The van der Waals surface area contributed by atoms with Crippen molar-refractivity contribution in [2.24, 2.45) is 0 Å². The van der Waals surface area contributed by atoms with Crippen LogP contribution in [-0.4, -0.2) is 72.7 Å². The van der Waals surface area contributed by atoms with Gasteiger partial charge in [-0.2, -0.15) is 0 Å². The lowest BCUT2D eigenvalue weighted by Crippen LogP contribution is -2.54. The molecule has 2 amide bonds. The summed E-state index contributed by atoms with van der Waals surface area (Å²) in [6, 6.07) is 12.2. The summed E-state index contributed by atoms with van der Waals surface area (Å²) in [7, 11) is 3.14. The van der Waals surface area contributed by atoms with Gasteiger partial charge in [0.1, 0.15) is 17.2 Å². The second-order valence-electron chi connectivity index (χ2n) is 7.98. The standard InChI is InChI=1S/C24H27ClN2O5S/c1-30-20-13-17(14-21(15-20)31-2)23(29)27-11-12-33-24(27)7-9-26(10-8-24)22(28)16-32-19-5-3-18(25)4-6-19/h3-6,13-15H,7-12,16H2,1-2H3. The van der Waals surface area contributed by atoms with Gasteiger partial charge in [-0.15, -0.1) is 11.8 Å². The second kappa shape index (κ2) is 10.1. The second-order valence-corrected chi connectivity index (χ2v) is 9.87. The van der Waals surface area contributed by atoms with Crippen LogP contribution in [-0.2, 0) is 4.79 Å². The van der Waals surface area contributed by atoms with Crippen molar-refractivity contribution in [3.05, 3.63) is 53.1 Å². The van der Waals surface area contributed by atoms with E-state index in [1.807, 2.05) is 9.80 Å². The van der Waals surface area contributed by atoms with Gasteiger partial charge in [0.05, 0.1) is 19.1 Å². The molecule has 2 saturated heterocycles. The van der Waals surface area contributed by atoms with Crippen molar-refractivity contribution in [2.75, 3.05) is 46.2 Å². The van der Waals surface area contributed by atoms with E-state index >= 15 is 0 Å². The quantitative estimate of drug-likeness (QED) is 0.611. The Morgan fingerprint density at radius 2 is 1.61 bits per heavy atom. The summed E-state index contributed by atoms with van der Waals surface area (Å²) in [5, 5.41) is 0.621. The average molecular weight is 491 g/mol. The molecule has 0 aliphatic carbocycles. The monoisotopic (exact) mass is 490 g/mol. The summed E-state index contributed by atoms with van der Waals surface area (Å²) in [6.45, 7) is 1.83. The van der Waals surface area contributed by atoms with Gasteiger partial charge in [-0.1, -0.05) is 11.6 Å². The van der Waals surface area contributed by atoms with Gasteiger partial charge in [-0.05, 0) is 49.2 Å². The zero-order valence-electron chi connectivity index (χ0n) is 18.7. The van der Waals surface area contributed by atoms with Crippen LogP contribution in [0, 0.1) is 0 Å². The normalized spacial score (nSPS) is 17.2. The lowest BCUT2D eigenvalue weighted by atomic mass is 10.0. The van der Waals surface area contributed by atoms with Gasteiger partial charge in [0, 0.05) is 42.0 Å². The molecule has 176 valence electrons. The fourth-order valence-corrected chi connectivity index (χ4v) is 5.85. The molecule has 2 aromatic rings. The topological polar surface area (TPSA) is 68.3 Å². The number of carbonyl (C=O) groups excluding carboxylic acids is 2. The van der Waals surface area contributed by atoms with Crippen molar-refractivity contribution < 1.29 is 23.8 Å². The maximum Gasteiger partial charge on any atom is 0.260 e. The molecule has 33 heavy (non-hydrogen) atoms. The predicted molar refractivity (Wildman–Crippen MR) is 129 cm³/mol. The number of hydrogen-bond donors (Lipinski definition) is 0. The molecular weight excluding hydrogens is 464 g/mol. The van der Waals surface area contributed by atoms with Gasteiger partial charge < -0.3 is 24.0 Å². The van der Waals surface area contributed by atoms with Crippen LogP contribution in [0.4, 0.5) is 0 Å². The number of piperidine rings is 1. The van der Waals surface area contributed by atoms with Crippen LogP contribution < -0.4 is 14.2 Å². The molecule has 7 nitrogen and oxygen atoms in total. The van der Waals surface area contributed by atoms with E-state index in [4.69, 9.17) is 25.8 Å². The lowest BCUT2D eigenvalue weighted by Gasteiger charge is -2.44. The molecule has 2 fully saturated rings. The van der Waals surface area contributed by atoms with Gasteiger partial charge in [0.25, 0.3) is 11.8 Å². The number of likely N-dealkylation sites (tertiary alicyclic amines) is 1. The van der Waals surface area contributed by atoms with Crippen LogP contribution in [0.15, 0.2) is 42.5 Å². The molecular formula is C24H27ClN2O5S. The number of thioether (sulfide) groups is 1. The fourth-order valence-electron chi connectivity index (χ4n) is 4.27. The van der Waals surface area contributed by atoms with Crippen molar-refractivity contribution in [3.8, 4) is 17.2 Å². The van der Waals surface area contributed by atoms with Crippen LogP contribution in [0.25, 0.3) is 0 Å². The summed E-state index contributed by atoms with van der Waals surface area (Å²) < 4.78 is 16.3. The highest BCUT2D eigenvalue weighted by Gasteiger charge is 2.47. The third-order valence-electron chi connectivity index (χ3n) is 6.09. The van der Waals surface area contributed by atoms with E-state index in [0.29, 0.717) is 47.5 Å². The number of ether oxygens (including phenoxy) is 3. The first-order chi connectivity index (χ1) is 15.9. The molecule has 0 atom stereocenters. The smallest absolute Gasteiger partial charge is 0.260 e. The van der Waals surface area contributed by atoms with Gasteiger partial charge >= 0.3 is 0 Å². The molecule has 2 aromatic carbocycles. The first kappa shape index (κ1) is 23.6. The van der Waals surface area contributed by atoms with Crippen molar-refractivity contribution in [3.63, 3.8) is 0 Å². The van der Waals surface area contributed by atoms with Gasteiger partial charge in [0.2, 0.25) is 0 Å². The van der Waals surface area contributed by atoms with Gasteiger partial charge in [-0.3, -0.25) is 9.59 Å². The van der Waals surface area contributed by atoms with Gasteiger partial charge in [0.15, 0.2) is 6.61 Å². The van der Waals surface area contributed by atoms with Crippen molar-refractivity contribution in [2.45, 2.75) is 17.7 Å². The molecule has 0 radical (unpaired) electrons. The molecule has 0 aromatic heterocycles. The minimum Gasteiger partial charge on any atom is -0.497 e. The van der Waals surface area contributed by atoms with Crippen LogP contribution in [0.5, 0.6) is 17.2 Å². The molecule has 0 bridgehead atoms. The lowest BCUT2D eigenvalue weighted by molar-refractivity contribution is -0.135. The first-order valence-corrected chi connectivity index (χ1v) is 12.2. The number of methoxy groups -OCH3 is 2.